The molecule has 17 heavy (non-hydrogen) atoms. The Hall–Kier alpha value is -1.75. The molecular formula is C11H13ClN2O3. The van der Waals surface area contributed by atoms with Crippen LogP contribution in [0.2, 0.25) is 5.02 Å². The second-order valence-corrected chi connectivity index (χ2v) is 3.79. The normalized spacial score (nSPS) is 9.76. The number of hydrogen-bond donors (Lipinski definition) is 2. The SMILES string of the molecule is CNC(=O)Cc1cc(Cl)ccc1OCC(N)=O. The molecule has 0 fully saturated rings. The van der Waals surface area contributed by atoms with Crippen LogP contribution in [0.4, 0.5) is 0 Å². The Morgan fingerprint density at radius 2 is 2.18 bits per heavy atom. The summed E-state index contributed by atoms with van der Waals surface area (Å²) in [6.07, 6.45) is 0.130. The van der Waals surface area contributed by atoms with Gasteiger partial charge in [0.1, 0.15) is 5.75 Å². The van der Waals surface area contributed by atoms with Gasteiger partial charge in [-0.15, -0.1) is 0 Å². The smallest absolute Gasteiger partial charge is 0.255 e. The Kier molecular flexibility index (Phi) is 4.78. The number of carbonyl (C=O) groups excluding carboxylic acids is 2. The zero-order valence-corrected chi connectivity index (χ0v) is 10.1. The predicted octanol–water partition coefficient (Wildman–Crippen LogP) is 0.493. The van der Waals surface area contributed by atoms with Crippen molar-refractivity contribution in [3.05, 3.63) is 28.8 Å². The van der Waals surface area contributed by atoms with Gasteiger partial charge in [0.15, 0.2) is 6.61 Å². The summed E-state index contributed by atoms with van der Waals surface area (Å²) in [5, 5.41) is 2.99. The molecule has 0 radical (unpaired) electrons. The maximum absolute atomic E-state index is 11.3. The van der Waals surface area contributed by atoms with Gasteiger partial charge in [-0.3, -0.25) is 9.59 Å². The Morgan fingerprint density at radius 3 is 2.76 bits per heavy atom. The van der Waals surface area contributed by atoms with E-state index in [0.29, 0.717) is 16.3 Å². The number of benzene rings is 1. The van der Waals surface area contributed by atoms with Crippen LogP contribution in [0.25, 0.3) is 0 Å². The first-order valence-corrected chi connectivity index (χ1v) is 5.31. The topological polar surface area (TPSA) is 81.4 Å². The average molecular weight is 257 g/mol. The van der Waals surface area contributed by atoms with Gasteiger partial charge in [-0.1, -0.05) is 11.6 Å². The van der Waals surface area contributed by atoms with Crippen molar-refractivity contribution in [1.29, 1.82) is 0 Å². The van der Waals surface area contributed by atoms with Crippen molar-refractivity contribution in [2.24, 2.45) is 5.73 Å². The third-order valence-corrected chi connectivity index (χ3v) is 2.26. The van der Waals surface area contributed by atoms with Crippen LogP contribution in [0.5, 0.6) is 5.75 Å². The van der Waals surface area contributed by atoms with Crippen molar-refractivity contribution < 1.29 is 14.3 Å². The molecule has 0 heterocycles. The summed E-state index contributed by atoms with van der Waals surface area (Å²) in [5.41, 5.74) is 5.59. The zero-order chi connectivity index (χ0) is 12.8. The summed E-state index contributed by atoms with van der Waals surface area (Å²) in [5.74, 6) is -0.321. The summed E-state index contributed by atoms with van der Waals surface area (Å²) in [6, 6.07) is 4.84. The van der Waals surface area contributed by atoms with E-state index >= 15 is 0 Å². The molecule has 0 saturated heterocycles. The van der Waals surface area contributed by atoms with E-state index in [-0.39, 0.29) is 18.9 Å². The second-order valence-electron chi connectivity index (χ2n) is 3.36. The fraction of sp³-hybridized carbons (Fsp3) is 0.273. The molecule has 0 aliphatic heterocycles. The van der Waals surface area contributed by atoms with Crippen LogP contribution < -0.4 is 15.8 Å². The van der Waals surface area contributed by atoms with Gasteiger partial charge >= 0.3 is 0 Å². The van der Waals surface area contributed by atoms with Crippen molar-refractivity contribution in [3.8, 4) is 5.75 Å². The van der Waals surface area contributed by atoms with Gasteiger partial charge in [-0.25, -0.2) is 0 Å². The molecule has 2 amide bonds. The molecule has 5 nitrogen and oxygen atoms in total. The van der Waals surface area contributed by atoms with Gasteiger partial charge in [0.2, 0.25) is 5.91 Å². The molecule has 6 heteroatoms. The van der Waals surface area contributed by atoms with Gasteiger partial charge in [0.05, 0.1) is 6.42 Å². The van der Waals surface area contributed by atoms with Gasteiger partial charge < -0.3 is 15.8 Å². The number of primary amides is 1. The van der Waals surface area contributed by atoms with Crippen LogP contribution in [-0.2, 0) is 16.0 Å². The lowest BCUT2D eigenvalue weighted by atomic mass is 10.1. The largest absolute Gasteiger partial charge is 0.483 e. The van der Waals surface area contributed by atoms with Gasteiger partial charge in [-0.05, 0) is 18.2 Å². The molecule has 0 unspecified atom stereocenters. The van der Waals surface area contributed by atoms with Gasteiger partial charge in [0, 0.05) is 17.6 Å². The summed E-state index contributed by atoms with van der Waals surface area (Å²) >= 11 is 5.83. The monoisotopic (exact) mass is 256 g/mol. The van der Waals surface area contributed by atoms with Crippen molar-refractivity contribution in [2.75, 3.05) is 13.7 Å². The number of ether oxygens (including phenoxy) is 1. The van der Waals surface area contributed by atoms with Crippen LogP contribution in [0, 0.1) is 0 Å². The predicted molar refractivity (Wildman–Crippen MR) is 63.9 cm³/mol. The molecule has 0 saturated carbocycles. The average Bonchev–Trinajstić information content (AvgIpc) is 2.27. The maximum atomic E-state index is 11.3. The molecule has 0 spiro atoms. The van der Waals surface area contributed by atoms with Gasteiger partial charge in [-0.2, -0.15) is 0 Å². The van der Waals surface area contributed by atoms with E-state index in [1.807, 2.05) is 0 Å². The Bertz CT molecular complexity index is 435. The molecule has 0 aromatic heterocycles. The lowest BCUT2D eigenvalue weighted by molar-refractivity contribution is -0.120. The molecule has 0 aliphatic rings. The van der Waals surface area contributed by atoms with Crippen molar-refractivity contribution >= 4 is 23.4 Å². The first kappa shape index (κ1) is 13.3. The minimum absolute atomic E-state index is 0.130. The molecule has 0 aliphatic carbocycles. The second kappa shape index (κ2) is 6.10. The third kappa shape index (κ3) is 4.32. The number of hydrogen-bond acceptors (Lipinski definition) is 3. The first-order valence-electron chi connectivity index (χ1n) is 4.93. The van der Waals surface area contributed by atoms with Crippen LogP contribution in [0.1, 0.15) is 5.56 Å². The Balaban J connectivity index is 2.87. The molecule has 1 aromatic rings. The Morgan fingerprint density at radius 1 is 1.47 bits per heavy atom. The van der Waals surface area contributed by atoms with E-state index in [1.54, 1.807) is 18.2 Å². The molecule has 3 N–H and O–H groups in total. The van der Waals surface area contributed by atoms with Gasteiger partial charge in [0.25, 0.3) is 5.91 Å². The molecule has 0 atom stereocenters. The minimum atomic E-state index is -0.578. The zero-order valence-electron chi connectivity index (χ0n) is 9.33. The van der Waals surface area contributed by atoms with Crippen molar-refractivity contribution in [1.82, 2.24) is 5.32 Å². The van der Waals surface area contributed by atoms with Crippen LogP contribution in [0.15, 0.2) is 18.2 Å². The highest BCUT2D eigenvalue weighted by molar-refractivity contribution is 6.30. The van der Waals surface area contributed by atoms with E-state index in [4.69, 9.17) is 22.1 Å². The fourth-order valence-corrected chi connectivity index (χ4v) is 1.43. The number of nitrogens with two attached hydrogens (primary N) is 1. The standard InChI is InChI=1S/C11H13ClN2O3/c1-14-11(16)5-7-4-8(12)2-3-9(7)17-6-10(13)15/h2-4H,5-6H2,1H3,(H2,13,15)(H,14,16). The van der Waals surface area contributed by atoms with Crippen molar-refractivity contribution in [3.63, 3.8) is 0 Å². The maximum Gasteiger partial charge on any atom is 0.255 e. The number of carbonyl (C=O) groups is 2. The lowest BCUT2D eigenvalue weighted by Crippen LogP contribution is -2.22. The molecule has 1 rings (SSSR count). The molecule has 0 bridgehead atoms. The van der Waals surface area contributed by atoms with Crippen LogP contribution in [0.3, 0.4) is 0 Å². The van der Waals surface area contributed by atoms with E-state index in [1.165, 1.54) is 7.05 Å². The highest BCUT2D eigenvalue weighted by Gasteiger charge is 2.09. The number of likely N-dealkylation sites (N-methyl/N-ethyl adjacent to an activating group) is 1. The summed E-state index contributed by atoms with van der Waals surface area (Å²) in [7, 11) is 1.54. The molecule has 92 valence electrons. The highest BCUT2D eigenvalue weighted by Crippen LogP contribution is 2.23. The Labute approximate surface area is 104 Å². The van der Waals surface area contributed by atoms with Crippen LogP contribution >= 0.6 is 11.6 Å². The first-order chi connectivity index (χ1) is 8.02. The lowest BCUT2D eigenvalue weighted by Gasteiger charge is -2.10. The van der Waals surface area contributed by atoms with E-state index in [9.17, 15) is 9.59 Å². The molecular weight excluding hydrogens is 244 g/mol. The van der Waals surface area contributed by atoms with E-state index in [0.717, 1.165) is 0 Å². The third-order valence-electron chi connectivity index (χ3n) is 2.02. The number of rotatable bonds is 5. The molecule has 1 aromatic carbocycles. The highest BCUT2D eigenvalue weighted by atomic mass is 35.5. The van der Waals surface area contributed by atoms with E-state index in [2.05, 4.69) is 5.32 Å². The fourth-order valence-electron chi connectivity index (χ4n) is 1.24. The van der Waals surface area contributed by atoms with Crippen LogP contribution in [-0.4, -0.2) is 25.5 Å². The quantitative estimate of drug-likeness (QED) is 0.805. The minimum Gasteiger partial charge on any atom is -0.483 e. The number of nitrogens with one attached hydrogen (secondary N) is 1. The van der Waals surface area contributed by atoms with Crippen molar-refractivity contribution in [2.45, 2.75) is 6.42 Å². The number of halogens is 1. The summed E-state index contributed by atoms with van der Waals surface area (Å²) in [4.78, 5) is 21.9. The summed E-state index contributed by atoms with van der Waals surface area (Å²) < 4.78 is 5.19. The number of amides is 2. The van der Waals surface area contributed by atoms with E-state index < -0.39 is 5.91 Å². The summed E-state index contributed by atoms with van der Waals surface area (Å²) in [6.45, 7) is -0.234.